The van der Waals surface area contributed by atoms with Gasteiger partial charge in [0.05, 0.1) is 25.3 Å². The number of benzene rings is 1. The molecule has 0 heterocycles. The van der Waals surface area contributed by atoms with E-state index >= 15 is 0 Å². The summed E-state index contributed by atoms with van der Waals surface area (Å²) < 4.78 is 10.4. The summed E-state index contributed by atoms with van der Waals surface area (Å²) in [6, 6.07) is 3.43. The van der Waals surface area contributed by atoms with Gasteiger partial charge < -0.3 is 9.47 Å². The van der Waals surface area contributed by atoms with E-state index in [2.05, 4.69) is 17.8 Å². The van der Waals surface area contributed by atoms with Crippen LogP contribution in [0.5, 0.6) is 11.5 Å². The van der Waals surface area contributed by atoms with Crippen LogP contribution in [-0.2, 0) is 0 Å². The van der Waals surface area contributed by atoms with Crippen LogP contribution < -0.4 is 9.47 Å². The minimum absolute atomic E-state index is 0.323. The second-order valence-corrected chi connectivity index (χ2v) is 4.40. The fraction of sp³-hybridized carbons (Fsp3) is 0.353. The number of hydrogen-bond acceptors (Lipinski definition) is 3. The molecule has 0 amide bonds. The van der Waals surface area contributed by atoms with Crippen LogP contribution in [0, 0.1) is 30.1 Å². The van der Waals surface area contributed by atoms with Crippen molar-refractivity contribution in [2.24, 2.45) is 5.92 Å². The first-order valence-corrected chi connectivity index (χ1v) is 6.30. The first kappa shape index (κ1) is 15.7. The SMILES string of the molecule is C#CCC(C)CC#Cc1c(OC)ccc(OC)c1C=O. The number of hydrogen-bond donors (Lipinski definition) is 0. The normalized spacial score (nSPS) is 10.7. The molecule has 0 aliphatic rings. The molecule has 1 atom stereocenters. The third-order valence-corrected chi connectivity index (χ3v) is 2.86. The first-order valence-electron chi connectivity index (χ1n) is 6.30. The van der Waals surface area contributed by atoms with E-state index in [1.54, 1.807) is 19.2 Å². The van der Waals surface area contributed by atoms with Gasteiger partial charge in [-0.2, -0.15) is 0 Å². The van der Waals surface area contributed by atoms with Crippen LogP contribution in [0.4, 0.5) is 0 Å². The smallest absolute Gasteiger partial charge is 0.155 e. The Morgan fingerprint density at radius 3 is 2.45 bits per heavy atom. The zero-order chi connectivity index (χ0) is 15.0. The minimum atomic E-state index is 0.323. The van der Waals surface area contributed by atoms with Gasteiger partial charge in [0.25, 0.3) is 0 Å². The molecule has 1 aromatic rings. The Morgan fingerprint density at radius 1 is 1.25 bits per heavy atom. The molecule has 0 aliphatic carbocycles. The molecular weight excluding hydrogens is 252 g/mol. The summed E-state index contributed by atoms with van der Waals surface area (Å²) in [5, 5.41) is 0. The average molecular weight is 270 g/mol. The van der Waals surface area contributed by atoms with Crippen molar-refractivity contribution in [3.8, 4) is 35.7 Å². The van der Waals surface area contributed by atoms with Crippen molar-refractivity contribution < 1.29 is 14.3 Å². The maximum Gasteiger partial charge on any atom is 0.155 e. The van der Waals surface area contributed by atoms with E-state index in [9.17, 15) is 4.79 Å². The van der Waals surface area contributed by atoms with Gasteiger partial charge >= 0.3 is 0 Å². The molecule has 0 radical (unpaired) electrons. The fourth-order valence-corrected chi connectivity index (χ4v) is 1.76. The quantitative estimate of drug-likeness (QED) is 0.609. The molecule has 0 N–H and O–H groups in total. The Hall–Kier alpha value is -2.39. The minimum Gasteiger partial charge on any atom is -0.496 e. The number of ether oxygens (including phenoxy) is 2. The van der Waals surface area contributed by atoms with Gasteiger partial charge in [-0.05, 0) is 18.1 Å². The van der Waals surface area contributed by atoms with E-state index in [-0.39, 0.29) is 0 Å². The summed E-state index contributed by atoms with van der Waals surface area (Å²) in [6.07, 6.45) is 7.35. The molecule has 104 valence electrons. The Bertz CT molecular complexity index is 570. The van der Waals surface area contributed by atoms with Crippen LogP contribution in [0.3, 0.4) is 0 Å². The molecule has 20 heavy (non-hydrogen) atoms. The molecule has 1 rings (SSSR count). The summed E-state index contributed by atoms with van der Waals surface area (Å²) in [6.45, 7) is 2.04. The maximum atomic E-state index is 11.2. The second kappa shape index (κ2) is 7.92. The highest BCUT2D eigenvalue weighted by Crippen LogP contribution is 2.28. The van der Waals surface area contributed by atoms with Gasteiger partial charge in [0.2, 0.25) is 0 Å². The molecule has 3 nitrogen and oxygen atoms in total. The lowest BCUT2D eigenvalue weighted by Crippen LogP contribution is -1.98. The zero-order valence-corrected chi connectivity index (χ0v) is 12.0. The third kappa shape index (κ3) is 3.80. The van der Waals surface area contributed by atoms with Crippen molar-refractivity contribution >= 4 is 6.29 Å². The van der Waals surface area contributed by atoms with Gasteiger partial charge in [-0.15, -0.1) is 12.3 Å². The van der Waals surface area contributed by atoms with Gasteiger partial charge in [-0.3, -0.25) is 4.79 Å². The van der Waals surface area contributed by atoms with Crippen LogP contribution >= 0.6 is 0 Å². The van der Waals surface area contributed by atoms with E-state index < -0.39 is 0 Å². The van der Waals surface area contributed by atoms with Crippen molar-refractivity contribution in [2.45, 2.75) is 19.8 Å². The molecule has 0 aliphatic heterocycles. The highest BCUT2D eigenvalue weighted by atomic mass is 16.5. The van der Waals surface area contributed by atoms with Gasteiger partial charge in [0.1, 0.15) is 11.5 Å². The summed E-state index contributed by atoms with van der Waals surface area (Å²) in [4.78, 5) is 11.2. The largest absolute Gasteiger partial charge is 0.496 e. The van der Waals surface area contributed by atoms with Crippen LogP contribution in [-0.4, -0.2) is 20.5 Å². The predicted molar refractivity (Wildman–Crippen MR) is 79.0 cm³/mol. The van der Waals surface area contributed by atoms with Gasteiger partial charge in [0, 0.05) is 12.8 Å². The van der Waals surface area contributed by atoms with E-state index in [1.165, 1.54) is 7.11 Å². The number of terminal acetylenes is 1. The summed E-state index contributed by atoms with van der Waals surface area (Å²) in [5.74, 6) is 10.0. The van der Waals surface area contributed by atoms with Crippen molar-refractivity contribution in [1.82, 2.24) is 0 Å². The number of methoxy groups -OCH3 is 2. The highest BCUT2D eigenvalue weighted by Gasteiger charge is 2.12. The predicted octanol–water partition coefficient (Wildman–Crippen LogP) is 2.92. The summed E-state index contributed by atoms with van der Waals surface area (Å²) in [5.41, 5.74) is 0.957. The van der Waals surface area contributed by atoms with Crippen LogP contribution in [0.25, 0.3) is 0 Å². The lowest BCUT2D eigenvalue weighted by atomic mass is 10.0. The van der Waals surface area contributed by atoms with E-state index in [0.717, 1.165) is 6.29 Å². The monoisotopic (exact) mass is 270 g/mol. The molecular formula is C17H18O3. The van der Waals surface area contributed by atoms with E-state index in [0.29, 0.717) is 41.4 Å². The van der Waals surface area contributed by atoms with Crippen LogP contribution in [0.2, 0.25) is 0 Å². The average Bonchev–Trinajstić information content (AvgIpc) is 2.46. The lowest BCUT2D eigenvalue weighted by molar-refractivity contribution is 0.112. The fourth-order valence-electron chi connectivity index (χ4n) is 1.76. The first-order chi connectivity index (χ1) is 9.67. The third-order valence-electron chi connectivity index (χ3n) is 2.86. The van der Waals surface area contributed by atoms with Gasteiger partial charge in [-0.1, -0.05) is 18.8 Å². The van der Waals surface area contributed by atoms with Crippen LogP contribution in [0.15, 0.2) is 12.1 Å². The van der Waals surface area contributed by atoms with Crippen molar-refractivity contribution in [1.29, 1.82) is 0 Å². The Labute approximate surface area is 120 Å². The van der Waals surface area contributed by atoms with Crippen LogP contribution in [0.1, 0.15) is 35.7 Å². The van der Waals surface area contributed by atoms with Crippen molar-refractivity contribution in [3.63, 3.8) is 0 Å². The van der Waals surface area contributed by atoms with E-state index in [4.69, 9.17) is 15.9 Å². The molecule has 3 heteroatoms. The molecule has 0 bridgehead atoms. The number of carbonyl (C=O) groups excluding carboxylic acids is 1. The standard InChI is InChI=1S/C17H18O3/c1-5-7-13(2)8-6-9-14-15(12-18)17(20-4)11-10-16(14)19-3/h1,10-13H,7-8H2,2-4H3. The second-order valence-electron chi connectivity index (χ2n) is 4.40. The molecule has 0 saturated heterocycles. The Morgan fingerprint density at radius 2 is 1.90 bits per heavy atom. The lowest BCUT2D eigenvalue weighted by Gasteiger charge is -2.09. The van der Waals surface area contributed by atoms with Crippen molar-refractivity contribution in [3.05, 3.63) is 23.3 Å². The summed E-state index contributed by atoms with van der Waals surface area (Å²) in [7, 11) is 3.06. The highest BCUT2D eigenvalue weighted by molar-refractivity contribution is 5.85. The Balaban J connectivity index is 3.12. The Kier molecular flexibility index (Phi) is 6.20. The maximum absolute atomic E-state index is 11.2. The number of aldehydes is 1. The topological polar surface area (TPSA) is 35.5 Å². The number of rotatable bonds is 5. The van der Waals surface area contributed by atoms with E-state index in [1.807, 2.05) is 6.92 Å². The number of carbonyl (C=O) groups is 1. The molecule has 0 fully saturated rings. The molecule has 0 aromatic heterocycles. The summed E-state index contributed by atoms with van der Waals surface area (Å²) >= 11 is 0. The van der Waals surface area contributed by atoms with Crippen molar-refractivity contribution in [2.75, 3.05) is 14.2 Å². The molecule has 0 spiro atoms. The molecule has 1 aromatic carbocycles. The van der Waals surface area contributed by atoms with Gasteiger partial charge in [0.15, 0.2) is 6.29 Å². The van der Waals surface area contributed by atoms with Gasteiger partial charge in [-0.25, -0.2) is 0 Å². The molecule has 0 saturated carbocycles. The molecule has 1 unspecified atom stereocenters. The zero-order valence-electron chi connectivity index (χ0n) is 12.0.